The number of esters is 1. The van der Waals surface area contributed by atoms with E-state index in [0.717, 1.165) is 12.8 Å². The van der Waals surface area contributed by atoms with Gasteiger partial charge in [-0.05, 0) is 19.3 Å². The van der Waals surface area contributed by atoms with Gasteiger partial charge in [0, 0.05) is 6.42 Å². The van der Waals surface area contributed by atoms with Crippen LogP contribution in [0.1, 0.15) is 32.6 Å². The van der Waals surface area contributed by atoms with Gasteiger partial charge in [-0.2, -0.15) is 0 Å². The Kier molecular flexibility index (Phi) is 3.90. The summed E-state index contributed by atoms with van der Waals surface area (Å²) in [5.74, 6) is -0.284. The molecule has 3 nitrogen and oxygen atoms in total. The third kappa shape index (κ3) is 2.79. The van der Waals surface area contributed by atoms with Crippen LogP contribution in [0.25, 0.3) is 0 Å². The molecule has 1 aliphatic rings. The third-order valence-electron chi connectivity index (χ3n) is 2.11. The third-order valence-corrected chi connectivity index (χ3v) is 3.02. The van der Waals surface area contributed by atoms with Crippen molar-refractivity contribution in [3.8, 4) is 0 Å². The monoisotopic (exact) mass is 248 g/mol. The lowest BCUT2D eigenvalue weighted by atomic mass is 9.96. The summed E-state index contributed by atoms with van der Waals surface area (Å²) in [5, 5.41) is 0. The molecule has 0 aromatic heterocycles. The highest BCUT2D eigenvalue weighted by molar-refractivity contribution is 9.10. The maximum atomic E-state index is 11.5. The molecule has 2 atom stereocenters. The Labute approximate surface area is 86.0 Å². The second kappa shape index (κ2) is 4.74. The molecule has 0 aromatic carbocycles. The van der Waals surface area contributed by atoms with Gasteiger partial charge in [-0.25, -0.2) is 0 Å². The number of halogens is 1. The highest BCUT2D eigenvalue weighted by atomic mass is 79.9. The van der Waals surface area contributed by atoms with Crippen LogP contribution >= 0.6 is 15.9 Å². The van der Waals surface area contributed by atoms with Gasteiger partial charge in [0.25, 0.3) is 0 Å². The molecule has 0 heterocycles. The van der Waals surface area contributed by atoms with Gasteiger partial charge >= 0.3 is 5.97 Å². The van der Waals surface area contributed by atoms with E-state index in [9.17, 15) is 9.59 Å². The Morgan fingerprint density at radius 3 is 2.92 bits per heavy atom. The van der Waals surface area contributed by atoms with E-state index in [1.54, 1.807) is 6.92 Å². The standard InChI is InChI=1S/C9H13BrO3/c1-2-8(11)13-7-5-3-4-6(10)9(7)12/h6-7H,2-5H2,1H3. The second-order valence-electron chi connectivity index (χ2n) is 3.13. The van der Waals surface area contributed by atoms with Crippen LogP contribution in [0, 0.1) is 0 Å². The van der Waals surface area contributed by atoms with Gasteiger partial charge in [-0.3, -0.25) is 9.59 Å². The summed E-state index contributed by atoms with van der Waals surface area (Å²) in [4.78, 5) is 22.3. The molecule has 1 saturated carbocycles. The summed E-state index contributed by atoms with van der Waals surface area (Å²) < 4.78 is 5.00. The predicted octanol–water partition coefficient (Wildman–Crippen LogP) is 1.82. The van der Waals surface area contributed by atoms with Crippen molar-refractivity contribution < 1.29 is 14.3 Å². The fourth-order valence-corrected chi connectivity index (χ4v) is 1.95. The van der Waals surface area contributed by atoms with E-state index in [1.807, 2.05) is 0 Å². The zero-order valence-electron chi connectivity index (χ0n) is 7.59. The number of hydrogen-bond donors (Lipinski definition) is 0. The normalized spacial score (nSPS) is 28.6. The van der Waals surface area contributed by atoms with Crippen molar-refractivity contribution in [1.82, 2.24) is 0 Å². The number of rotatable bonds is 2. The summed E-state index contributed by atoms with van der Waals surface area (Å²) in [7, 11) is 0. The van der Waals surface area contributed by atoms with Crippen molar-refractivity contribution in [2.45, 2.75) is 43.5 Å². The zero-order chi connectivity index (χ0) is 9.84. The molecule has 0 spiro atoms. The molecule has 0 amide bonds. The molecule has 74 valence electrons. The summed E-state index contributed by atoms with van der Waals surface area (Å²) in [5.41, 5.74) is 0. The smallest absolute Gasteiger partial charge is 0.306 e. The van der Waals surface area contributed by atoms with Crippen molar-refractivity contribution in [3.05, 3.63) is 0 Å². The van der Waals surface area contributed by atoms with Gasteiger partial charge < -0.3 is 4.74 Å². The molecule has 2 unspecified atom stereocenters. The predicted molar refractivity (Wildman–Crippen MR) is 51.7 cm³/mol. The zero-order valence-corrected chi connectivity index (χ0v) is 9.17. The van der Waals surface area contributed by atoms with Crippen molar-refractivity contribution in [2.75, 3.05) is 0 Å². The van der Waals surface area contributed by atoms with Gasteiger partial charge in [-0.15, -0.1) is 0 Å². The van der Waals surface area contributed by atoms with Gasteiger partial charge in [-0.1, -0.05) is 22.9 Å². The van der Waals surface area contributed by atoms with Crippen LogP contribution in [0.3, 0.4) is 0 Å². The van der Waals surface area contributed by atoms with Gasteiger partial charge in [0.05, 0.1) is 4.83 Å². The molecule has 1 fully saturated rings. The quantitative estimate of drug-likeness (QED) is 0.553. The molecule has 13 heavy (non-hydrogen) atoms. The van der Waals surface area contributed by atoms with E-state index in [0.29, 0.717) is 12.8 Å². The molecular formula is C9H13BrO3. The van der Waals surface area contributed by atoms with E-state index in [1.165, 1.54) is 0 Å². The maximum absolute atomic E-state index is 11.5. The van der Waals surface area contributed by atoms with Crippen LogP contribution in [0.4, 0.5) is 0 Å². The van der Waals surface area contributed by atoms with E-state index < -0.39 is 6.10 Å². The Balaban J connectivity index is 2.49. The number of alkyl halides is 1. The fourth-order valence-electron chi connectivity index (χ4n) is 1.33. The van der Waals surface area contributed by atoms with E-state index in [-0.39, 0.29) is 16.6 Å². The molecule has 0 radical (unpaired) electrons. The average Bonchev–Trinajstić information content (AvgIpc) is 2.13. The van der Waals surface area contributed by atoms with Crippen molar-refractivity contribution >= 4 is 27.7 Å². The molecule has 0 saturated heterocycles. The highest BCUT2D eigenvalue weighted by Crippen LogP contribution is 2.23. The Hall–Kier alpha value is -0.380. The van der Waals surface area contributed by atoms with E-state index >= 15 is 0 Å². The minimum Gasteiger partial charge on any atom is -0.454 e. The minimum absolute atomic E-state index is 0.00745. The molecule has 0 N–H and O–H groups in total. The lowest BCUT2D eigenvalue weighted by molar-refractivity contribution is -0.156. The minimum atomic E-state index is -0.509. The summed E-state index contributed by atoms with van der Waals surface area (Å²) in [6.07, 6.45) is 2.27. The molecule has 4 heteroatoms. The summed E-state index contributed by atoms with van der Waals surface area (Å²) in [6.45, 7) is 1.72. The lowest BCUT2D eigenvalue weighted by Crippen LogP contribution is -2.36. The highest BCUT2D eigenvalue weighted by Gasteiger charge is 2.31. The first-order valence-electron chi connectivity index (χ1n) is 4.52. The topological polar surface area (TPSA) is 43.4 Å². The largest absolute Gasteiger partial charge is 0.454 e. The summed E-state index contributed by atoms with van der Waals surface area (Å²) >= 11 is 3.27. The molecule has 0 aliphatic heterocycles. The number of ketones is 1. The first-order valence-corrected chi connectivity index (χ1v) is 5.44. The average molecular weight is 249 g/mol. The number of carbonyl (C=O) groups is 2. The number of ether oxygens (including phenoxy) is 1. The van der Waals surface area contributed by atoms with Crippen LogP contribution in [0.5, 0.6) is 0 Å². The van der Waals surface area contributed by atoms with Crippen LogP contribution in [-0.4, -0.2) is 22.7 Å². The van der Waals surface area contributed by atoms with Crippen LogP contribution in [0.15, 0.2) is 0 Å². The Bertz CT molecular complexity index is 215. The second-order valence-corrected chi connectivity index (χ2v) is 4.24. The summed E-state index contributed by atoms with van der Waals surface area (Å²) in [6, 6.07) is 0. The molecule has 0 bridgehead atoms. The van der Waals surface area contributed by atoms with Crippen LogP contribution < -0.4 is 0 Å². The van der Waals surface area contributed by atoms with Gasteiger partial charge in [0.1, 0.15) is 0 Å². The Morgan fingerprint density at radius 2 is 2.31 bits per heavy atom. The van der Waals surface area contributed by atoms with Crippen molar-refractivity contribution in [2.24, 2.45) is 0 Å². The van der Waals surface area contributed by atoms with Crippen molar-refractivity contribution in [1.29, 1.82) is 0 Å². The molecule has 1 rings (SSSR count). The van der Waals surface area contributed by atoms with Gasteiger partial charge in [0.2, 0.25) is 0 Å². The number of hydrogen-bond acceptors (Lipinski definition) is 3. The first-order chi connectivity index (χ1) is 6.15. The number of Topliss-reactive ketones (excluding diaryl/α,β-unsaturated/α-hetero) is 1. The maximum Gasteiger partial charge on any atom is 0.306 e. The fraction of sp³-hybridized carbons (Fsp3) is 0.778. The van der Waals surface area contributed by atoms with Crippen molar-refractivity contribution in [3.63, 3.8) is 0 Å². The first kappa shape index (κ1) is 10.7. The molecule has 0 aromatic rings. The van der Waals surface area contributed by atoms with E-state index in [2.05, 4.69) is 15.9 Å². The van der Waals surface area contributed by atoms with E-state index in [4.69, 9.17) is 4.74 Å². The van der Waals surface area contributed by atoms with Crippen LogP contribution in [0.2, 0.25) is 0 Å². The molecular weight excluding hydrogens is 236 g/mol. The van der Waals surface area contributed by atoms with Gasteiger partial charge in [0.15, 0.2) is 11.9 Å². The number of carbonyl (C=O) groups excluding carboxylic acids is 2. The molecule has 1 aliphatic carbocycles. The Morgan fingerprint density at radius 1 is 1.62 bits per heavy atom. The lowest BCUT2D eigenvalue weighted by Gasteiger charge is -2.23. The van der Waals surface area contributed by atoms with Crippen LogP contribution in [-0.2, 0) is 14.3 Å². The SMILES string of the molecule is CCC(=O)OC1CCCC(Br)C1=O.